The molecule has 35 heavy (non-hydrogen) atoms. The fourth-order valence-electron chi connectivity index (χ4n) is 3.30. The van der Waals surface area contributed by atoms with Crippen molar-refractivity contribution in [1.29, 1.82) is 0 Å². The first kappa shape index (κ1) is 23.9. The number of nitrogens with one attached hydrogen (secondary N) is 2. The molecule has 0 saturated carbocycles. The second-order valence-corrected chi connectivity index (χ2v) is 9.00. The van der Waals surface area contributed by atoms with Crippen LogP contribution in [-0.2, 0) is 12.0 Å². The van der Waals surface area contributed by atoms with Gasteiger partial charge in [0.2, 0.25) is 0 Å². The van der Waals surface area contributed by atoms with Gasteiger partial charge in [-0.15, -0.1) is 0 Å². The third kappa shape index (κ3) is 6.00. The zero-order valence-corrected chi connectivity index (χ0v) is 20.0. The Balaban J connectivity index is 1.42. The molecule has 8 nitrogen and oxygen atoms in total. The van der Waals surface area contributed by atoms with Crippen LogP contribution in [0, 0.1) is 5.82 Å². The molecule has 0 bridgehead atoms. The lowest BCUT2D eigenvalue weighted by Crippen LogP contribution is -2.21. The van der Waals surface area contributed by atoms with Gasteiger partial charge in [-0.3, -0.25) is 14.6 Å². The van der Waals surface area contributed by atoms with E-state index in [4.69, 9.17) is 4.74 Å². The monoisotopic (exact) mass is 474 g/mol. The average molecular weight is 475 g/mol. The smallest absolute Gasteiger partial charge is 0.323 e. The van der Waals surface area contributed by atoms with E-state index in [0.29, 0.717) is 17.1 Å². The molecule has 4 aromatic rings. The van der Waals surface area contributed by atoms with Gasteiger partial charge in [-0.2, -0.15) is 5.10 Å². The third-order valence-corrected chi connectivity index (χ3v) is 5.27. The quantitative estimate of drug-likeness (QED) is 0.345. The van der Waals surface area contributed by atoms with Crippen LogP contribution >= 0.6 is 0 Å². The SMILES string of the molecule is CCn1cc(-c2cc(Oc3ccc(NC(=O)Nc4cncc(C(C)(C)C)c4)c(F)c3)ccn2)cn1. The van der Waals surface area contributed by atoms with Crippen molar-refractivity contribution in [1.82, 2.24) is 19.7 Å². The van der Waals surface area contributed by atoms with E-state index in [1.54, 1.807) is 47.7 Å². The van der Waals surface area contributed by atoms with E-state index >= 15 is 0 Å². The van der Waals surface area contributed by atoms with Crippen molar-refractivity contribution in [3.63, 3.8) is 0 Å². The predicted molar refractivity (Wildman–Crippen MR) is 133 cm³/mol. The van der Waals surface area contributed by atoms with Crippen LogP contribution in [0.1, 0.15) is 33.3 Å². The summed E-state index contributed by atoms with van der Waals surface area (Å²) in [7, 11) is 0. The Labute approximate surface area is 203 Å². The second kappa shape index (κ2) is 9.92. The lowest BCUT2D eigenvalue weighted by atomic mass is 9.88. The van der Waals surface area contributed by atoms with Crippen molar-refractivity contribution >= 4 is 17.4 Å². The lowest BCUT2D eigenvalue weighted by Gasteiger charge is -2.19. The second-order valence-electron chi connectivity index (χ2n) is 9.00. The number of halogens is 1. The molecule has 3 aromatic heterocycles. The molecule has 0 unspecified atom stereocenters. The first-order valence-electron chi connectivity index (χ1n) is 11.2. The Kier molecular flexibility index (Phi) is 6.77. The van der Waals surface area contributed by atoms with Crippen molar-refractivity contribution in [2.24, 2.45) is 0 Å². The van der Waals surface area contributed by atoms with Crippen molar-refractivity contribution in [2.75, 3.05) is 10.6 Å². The number of amides is 2. The maximum atomic E-state index is 14.7. The molecule has 2 amide bonds. The molecule has 0 saturated heterocycles. The number of aromatic nitrogens is 4. The number of nitrogens with zero attached hydrogens (tertiary/aromatic N) is 4. The Bertz CT molecular complexity index is 1350. The molecular formula is C26H27FN6O2. The van der Waals surface area contributed by atoms with Gasteiger partial charge in [0.05, 0.1) is 29.5 Å². The van der Waals surface area contributed by atoms with Gasteiger partial charge in [-0.05, 0) is 42.2 Å². The Morgan fingerprint density at radius 1 is 1.06 bits per heavy atom. The summed E-state index contributed by atoms with van der Waals surface area (Å²) < 4.78 is 22.3. The van der Waals surface area contributed by atoms with Gasteiger partial charge >= 0.3 is 6.03 Å². The molecular weight excluding hydrogens is 447 g/mol. The lowest BCUT2D eigenvalue weighted by molar-refractivity contribution is 0.262. The number of anilines is 2. The molecule has 3 heterocycles. The Morgan fingerprint density at radius 3 is 2.57 bits per heavy atom. The number of aryl methyl sites for hydroxylation is 1. The van der Waals surface area contributed by atoms with E-state index < -0.39 is 11.8 Å². The minimum Gasteiger partial charge on any atom is -0.457 e. The van der Waals surface area contributed by atoms with Gasteiger partial charge in [0.1, 0.15) is 17.3 Å². The van der Waals surface area contributed by atoms with E-state index in [2.05, 4.69) is 46.5 Å². The van der Waals surface area contributed by atoms with E-state index in [9.17, 15) is 9.18 Å². The number of ether oxygens (including phenoxy) is 1. The fourth-order valence-corrected chi connectivity index (χ4v) is 3.30. The van der Waals surface area contributed by atoms with Crippen LogP contribution in [0.15, 0.2) is 67.4 Å². The molecule has 180 valence electrons. The Morgan fingerprint density at radius 2 is 1.86 bits per heavy atom. The zero-order chi connectivity index (χ0) is 25.0. The first-order valence-corrected chi connectivity index (χ1v) is 11.2. The molecule has 4 rings (SSSR count). The Hall–Kier alpha value is -4.27. The van der Waals surface area contributed by atoms with E-state index in [0.717, 1.165) is 17.7 Å². The van der Waals surface area contributed by atoms with Gasteiger partial charge in [0, 0.05) is 42.8 Å². The van der Waals surface area contributed by atoms with Crippen molar-refractivity contribution in [3.8, 4) is 22.8 Å². The number of pyridine rings is 2. The predicted octanol–water partition coefficient (Wildman–Crippen LogP) is 6.23. The van der Waals surface area contributed by atoms with Crippen LogP contribution in [0.2, 0.25) is 0 Å². The van der Waals surface area contributed by atoms with Gasteiger partial charge in [-0.1, -0.05) is 20.8 Å². The van der Waals surface area contributed by atoms with Crippen molar-refractivity contribution in [3.05, 3.63) is 78.8 Å². The van der Waals surface area contributed by atoms with Crippen LogP contribution in [0.25, 0.3) is 11.3 Å². The minimum atomic E-state index is -0.627. The maximum Gasteiger partial charge on any atom is 0.323 e. The fraction of sp³-hybridized carbons (Fsp3) is 0.231. The molecule has 2 N–H and O–H groups in total. The van der Waals surface area contributed by atoms with Gasteiger partial charge in [0.15, 0.2) is 0 Å². The molecule has 0 aliphatic rings. The van der Waals surface area contributed by atoms with Crippen molar-refractivity contribution < 1.29 is 13.9 Å². The van der Waals surface area contributed by atoms with E-state index in [-0.39, 0.29) is 16.9 Å². The van der Waals surface area contributed by atoms with E-state index in [1.807, 2.05) is 19.2 Å². The summed E-state index contributed by atoms with van der Waals surface area (Å²) in [6.45, 7) is 8.93. The number of hydrogen-bond donors (Lipinski definition) is 2. The van der Waals surface area contributed by atoms with Gasteiger partial charge in [-0.25, -0.2) is 9.18 Å². The number of rotatable bonds is 6. The standard InChI is InChI=1S/C26H27FN6O2/c1-5-33-16-17(13-30-33)24-12-21(8-9-29-24)35-20-6-7-23(22(27)11-20)32-25(34)31-19-10-18(14-28-15-19)26(2,3)4/h6-16H,5H2,1-4H3,(H2,31,32,34). The largest absolute Gasteiger partial charge is 0.457 e. The molecule has 0 spiro atoms. The summed E-state index contributed by atoms with van der Waals surface area (Å²) in [5.74, 6) is 0.165. The maximum absolute atomic E-state index is 14.7. The highest BCUT2D eigenvalue weighted by atomic mass is 19.1. The van der Waals surface area contributed by atoms with Crippen LogP contribution in [0.4, 0.5) is 20.6 Å². The van der Waals surface area contributed by atoms with Gasteiger partial charge in [0.25, 0.3) is 0 Å². The zero-order valence-electron chi connectivity index (χ0n) is 20.0. The van der Waals surface area contributed by atoms with Crippen LogP contribution in [0.3, 0.4) is 0 Å². The summed E-state index contributed by atoms with van der Waals surface area (Å²) in [5.41, 5.74) is 2.96. The minimum absolute atomic E-state index is 0.0252. The summed E-state index contributed by atoms with van der Waals surface area (Å²) in [6.07, 6.45) is 8.54. The highest BCUT2D eigenvalue weighted by molar-refractivity contribution is 5.99. The third-order valence-electron chi connectivity index (χ3n) is 5.27. The van der Waals surface area contributed by atoms with Crippen LogP contribution < -0.4 is 15.4 Å². The average Bonchev–Trinajstić information content (AvgIpc) is 3.30. The number of carbonyl (C=O) groups excluding carboxylic acids is 1. The topological polar surface area (TPSA) is 94.0 Å². The molecule has 1 aromatic carbocycles. The normalized spacial score (nSPS) is 11.2. The number of urea groups is 1. The van der Waals surface area contributed by atoms with Crippen molar-refractivity contribution in [2.45, 2.75) is 39.7 Å². The highest BCUT2D eigenvalue weighted by Gasteiger charge is 2.15. The van der Waals surface area contributed by atoms with Gasteiger partial charge < -0.3 is 15.4 Å². The van der Waals surface area contributed by atoms with Crippen LogP contribution in [-0.4, -0.2) is 25.8 Å². The van der Waals surface area contributed by atoms with E-state index in [1.165, 1.54) is 12.1 Å². The molecule has 0 aliphatic carbocycles. The number of carbonyl (C=O) groups is 1. The summed E-state index contributed by atoms with van der Waals surface area (Å²) in [6, 6.07) is 8.95. The molecule has 0 aliphatic heterocycles. The molecule has 0 radical (unpaired) electrons. The number of benzene rings is 1. The highest BCUT2D eigenvalue weighted by Crippen LogP contribution is 2.28. The first-order chi connectivity index (χ1) is 16.7. The molecule has 0 fully saturated rings. The van der Waals surface area contributed by atoms with Crippen LogP contribution in [0.5, 0.6) is 11.5 Å². The molecule has 9 heteroatoms. The number of hydrogen-bond acceptors (Lipinski definition) is 5. The summed E-state index contributed by atoms with van der Waals surface area (Å²) >= 11 is 0. The summed E-state index contributed by atoms with van der Waals surface area (Å²) in [4.78, 5) is 20.9. The summed E-state index contributed by atoms with van der Waals surface area (Å²) in [5, 5.41) is 9.46. The molecule has 0 atom stereocenters.